The van der Waals surface area contributed by atoms with E-state index in [1.54, 1.807) is 0 Å². The van der Waals surface area contributed by atoms with Gasteiger partial charge in [-0.05, 0) is 45.2 Å². The van der Waals surface area contributed by atoms with Gasteiger partial charge in [-0.2, -0.15) is 0 Å². The van der Waals surface area contributed by atoms with Gasteiger partial charge in [0.1, 0.15) is 9.43 Å². The third kappa shape index (κ3) is 9.01. The zero-order valence-electron chi connectivity index (χ0n) is 12.1. The van der Waals surface area contributed by atoms with Gasteiger partial charge in [0.15, 0.2) is 0 Å². The van der Waals surface area contributed by atoms with Gasteiger partial charge >= 0.3 is 0 Å². The molecule has 0 spiro atoms. The van der Waals surface area contributed by atoms with E-state index >= 15 is 0 Å². The number of hydrogen-bond donors (Lipinski definition) is 0. The molecule has 0 atom stereocenters. The van der Waals surface area contributed by atoms with Gasteiger partial charge in [0, 0.05) is 0 Å². The van der Waals surface area contributed by atoms with Crippen LogP contribution in [0.4, 0.5) is 0 Å². The lowest BCUT2D eigenvalue weighted by Crippen LogP contribution is -2.71. The molecule has 0 unspecified atom stereocenters. The first kappa shape index (κ1) is 42.8. The highest BCUT2D eigenvalue weighted by Crippen LogP contribution is 2.81. The smallest absolute Gasteiger partial charge is 0.204 e. The Morgan fingerprint density at radius 1 is 0.310 bits per heavy atom. The summed E-state index contributed by atoms with van der Waals surface area (Å²) in [4.78, 5) is 0. The molecule has 0 saturated heterocycles. The summed E-state index contributed by atoms with van der Waals surface area (Å²) in [6.07, 6.45) is 0. The normalized spacial score (nSPS) is 17.0. The molecule has 0 N–H and O–H groups in total. The molecule has 0 aliphatic carbocycles. The van der Waals surface area contributed by atoms with E-state index in [2.05, 4.69) is 429 Å². The summed E-state index contributed by atoms with van der Waals surface area (Å²) in [5, 5.41) is 13.2. The zero-order chi connectivity index (χ0) is 24.5. The van der Waals surface area contributed by atoms with E-state index < -0.39 is 3.04 Å². The van der Waals surface area contributed by atoms with Crippen LogP contribution in [0.1, 0.15) is 0 Å². The van der Waals surface area contributed by atoms with Crippen LogP contribution in [0.5, 0.6) is 0 Å². The lowest BCUT2D eigenvalue weighted by molar-refractivity contribution is 0.161. The Morgan fingerprint density at radius 2 is 0.517 bits per heavy atom. The second kappa shape index (κ2) is 15.2. The lowest BCUT2D eigenvalue weighted by Gasteiger charge is -2.60. The minimum atomic E-state index is -1.16. The molecule has 0 bridgehead atoms. The molecular weight excluding hydrogens is 2540 g/mol. The third-order valence-electron chi connectivity index (χ3n) is 3.16. The van der Waals surface area contributed by atoms with Crippen LogP contribution in [0.2, 0.25) is 0 Å². The minimum absolute atomic E-state index is 0.0441. The molecule has 0 aromatic rings. The van der Waals surface area contributed by atoms with Crippen molar-refractivity contribution in [2.24, 2.45) is 0 Å². The summed E-state index contributed by atoms with van der Waals surface area (Å²) in [6.45, 7) is 0. The quantitative estimate of drug-likeness (QED) is 0.171. The molecule has 0 aromatic carbocycles. The first-order chi connectivity index (χ1) is 12.0. The largest absolute Gasteiger partial charge is 0.229 e. The Balaban J connectivity index is 7.04. The Kier molecular flexibility index (Phi) is 22.4. The predicted molar refractivity (Wildman–Crippen MR) is 292 cm³/mol. The summed E-state index contributed by atoms with van der Waals surface area (Å²) in [5.41, 5.74) is 0. The van der Waals surface area contributed by atoms with Gasteiger partial charge in [0.25, 0.3) is 0 Å². The van der Waals surface area contributed by atoms with Crippen molar-refractivity contribution in [1.82, 2.24) is 0 Å². The molecule has 20 heteroatoms. The van der Waals surface area contributed by atoms with Crippen LogP contribution < -0.4 is 0 Å². The topological polar surface area (TPSA) is 19.9 Å². The highest BCUT2D eigenvalue weighted by molar-refractivity contribution is 14.3. The summed E-state index contributed by atoms with van der Waals surface area (Å²) < 4.78 is -2.92. The number of rotatable bonds is 8. The summed E-state index contributed by atoms with van der Waals surface area (Å²) in [5.74, 6) is 0. The first-order valence-electron chi connectivity index (χ1n) is 5.79. The molecule has 0 fully saturated rings. The fourth-order valence-electron chi connectivity index (χ4n) is 1.51. The molecule has 0 amide bonds. The summed E-state index contributed by atoms with van der Waals surface area (Å²) >= 11 is 48.2. The van der Waals surface area contributed by atoms with Crippen molar-refractivity contribution in [1.29, 1.82) is 0 Å². The van der Waals surface area contributed by atoms with Gasteiger partial charge in [-0.25, -0.2) is 5.11 Å². The molecule has 29 heavy (non-hydrogen) atoms. The molecule has 1 radical (unpaired) electrons. The van der Waals surface area contributed by atoms with E-state index in [9.17, 15) is 5.11 Å². The fourth-order valence-corrected chi connectivity index (χ4v) is 35.7. The summed E-state index contributed by atoms with van der Waals surface area (Å²) in [7, 11) is 0. The van der Waals surface area contributed by atoms with E-state index in [1.165, 1.54) is 0 Å². The molecule has 0 aliphatic heterocycles. The molecule has 1 nitrogen and oxygen atoms in total. The van der Waals surface area contributed by atoms with Crippen molar-refractivity contribution in [3.8, 4) is 0 Å². The van der Waals surface area contributed by atoms with Crippen molar-refractivity contribution in [3.63, 3.8) is 0 Å². The molecule has 0 heterocycles. The third-order valence-corrected chi connectivity index (χ3v) is 57.0. The second-order valence-corrected chi connectivity index (χ2v) is 60.4. The van der Waals surface area contributed by atoms with Crippen LogP contribution in [0, 0.1) is 0 Å². The standard InChI is InChI=1S/C9I19O/c10-1(7(21,22)23,8(24,25)26)2(11,12)3(13,14)4(15,16)5(17,18)6(19,20)9(27,28)29. The van der Waals surface area contributed by atoms with Gasteiger partial charge in [-0.15, -0.1) is 0 Å². The van der Waals surface area contributed by atoms with E-state index in [1.807, 2.05) is 0 Å². The number of alkyl halides is 19. The lowest BCUT2D eigenvalue weighted by atomic mass is 10.0. The van der Waals surface area contributed by atoms with Gasteiger partial charge < -0.3 is 0 Å². The molecule has 0 aromatic heterocycles. The maximum atomic E-state index is 13.2. The zero-order valence-corrected chi connectivity index (χ0v) is 53.1. The van der Waals surface area contributed by atoms with Crippen LogP contribution in [-0.2, 0) is 5.11 Å². The molecule has 0 saturated carbocycles. The Hall–Kier alpha value is 13.8. The number of hydrogen-bond acceptors (Lipinski definition) is 0. The van der Waals surface area contributed by atoms with E-state index in [-0.39, 0.29) is 8.01 Å². The van der Waals surface area contributed by atoms with E-state index in [0.717, 1.165) is 0 Å². The van der Waals surface area contributed by atoms with Gasteiger partial charge in [-0.1, -0.05) is 384 Å². The average Bonchev–Trinajstić information content (AvgIpc) is 2.41. The number of halogens is 19. The van der Waals surface area contributed by atoms with Crippen molar-refractivity contribution in [2.75, 3.05) is 0 Å². The average molecular weight is 2540 g/mol. The van der Waals surface area contributed by atoms with Crippen LogP contribution in [-0.4, -0.2) is 11.0 Å². The first-order valence-corrected chi connectivity index (χ1v) is 26.3. The van der Waals surface area contributed by atoms with Crippen LogP contribution >= 0.6 is 429 Å². The highest BCUT2D eigenvalue weighted by Gasteiger charge is 2.79. The highest BCUT2D eigenvalue weighted by atomic mass is 127. The minimum Gasteiger partial charge on any atom is -0.204 e. The van der Waals surface area contributed by atoms with E-state index in [4.69, 9.17) is 0 Å². The Morgan fingerprint density at radius 3 is 0.724 bits per heavy atom. The fraction of sp³-hybridized carbons (Fsp3) is 1.00. The maximum absolute atomic E-state index is 13.2. The summed E-state index contributed by atoms with van der Waals surface area (Å²) in [6, 6.07) is 0. The van der Waals surface area contributed by atoms with Gasteiger partial charge in [0.2, 0.25) is 1.61 Å². The maximum Gasteiger partial charge on any atom is 0.229 e. The van der Waals surface area contributed by atoms with Crippen molar-refractivity contribution < 1.29 is 5.11 Å². The monoisotopic (exact) mass is 2540 g/mol. The SMILES string of the molecule is [O]C(I)(I)C(I)(I)C(I)(I)C(I)(I)C(I)(I)C(I)(I)C(I)(C(I)(I)I)C(I)(I)I. The predicted octanol–water partition coefficient (Wildman–Crippen LogP) is 14.9. The van der Waals surface area contributed by atoms with E-state index in [0.29, 0.717) is 0 Å². The Labute approximate surface area is 430 Å². The van der Waals surface area contributed by atoms with Crippen LogP contribution in [0.3, 0.4) is 0 Å². The van der Waals surface area contributed by atoms with Crippen molar-refractivity contribution in [3.05, 3.63) is 0 Å². The van der Waals surface area contributed by atoms with Crippen LogP contribution in [0.15, 0.2) is 0 Å². The Bertz CT molecular complexity index is 589. The van der Waals surface area contributed by atoms with Crippen LogP contribution in [0.25, 0.3) is 0 Å². The molecule has 0 rings (SSSR count). The molecular formula is C9I19O. The van der Waals surface area contributed by atoms with Crippen molar-refractivity contribution >= 4 is 429 Å². The second-order valence-electron chi connectivity index (χ2n) is 5.04. The van der Waals surface area contributed by atoms with Gasteiger partial charge in [-0.3, -0.25) is 0 Å². The molecule has 175 valence electrons. The van der Waals surface area contributed by atoms with Crippen molar-refractivity contribution in [2.45, 2.75) is 11.0 Å². The van der Waals surface area contributed by atoms with Gasteiger partial charge in [0.05, 0.1) is 0 Å². The molecule has 0 aliphatic rings.